The van der Waals surface area contributed by atoms with Crippen LogP contribution in [0.25, 0.3) is 10.6 Å². The summed E-state index contributed by atoms with van der Waals surface area (Å²) < 4.78 is 1.52. The van der Waals surface area contributed by atoms with Gasteiger partial charge < -0.3 is 19.5 Å². The maximum Gasteiger partial charge on any atom is 0.274 e. The highest BCUT2D eigenvalue weighted by atomic mass is 32.1. The molecule has 1 N–H and O–H groups in total. The standard InChI is InChI=1S/C26H31N4O4PS/c1-6-26(25(34)28(4)5)14-29(15(2)3)24(33)20-22(32)21(31)19(13-30(20)26)23-27-12-18(36-23)11-16-7-9-17(35)10-8-16/h7-10,12-13,15,32H,6,11,14,35H2,1-5H3/t26-/m1/s1. The number of likely N-dealkylation sites (N-methyl/N-ethyl adjacent to an activating group) is 1. The van der Waals surface area contributed by atoms with Crippen molar-refractivity contribution in [3.05, 3.63) is 63.0 Å². The Bertz CT molecular complexity index is 1380. The third-order valence-electron chi connectivity index (χ3n) is 6.69. The number of rotatable bonds is 6. The molecule has 1 aromatic carbocycles. The molecular formula is C26H31N4O4PS. The third kappa shape index (κ3) is 4.35. The predicted octanol–water partition coefficient (Wildman–Crippen LogP) is 2.83. The smallest absolute Gasteiger partial charge is 0.274 e. The first kappa shape index (κ1) is 26.0. The molecule has 0 saturated carbocycles. The number of carbonyl (C=O) groups is 2. The van der Waals surface area contributed by atoms with Crippen LogP contribution in [-0.2, 0) is 16.8 Å². The highest BCUT2D eigenvalue weighted by molar-refractivity contribution is 7.27. The van der Waals surface area contributed by atoms with E-state index in [0.29, 0.717) is 17.8 Å². The molecule has 1 unspecified atom stereocenters. The summed E-state index contributed by atoms with van der Waals surface area (Å²) in [6, 6.07) is 7.88. The van der Waals surface area contributed by atoms with Crippen LogP contribution in [0.2, 0.25) is 0 Å². The Morgan fingerprint density at radius 3 is 2.50 bits per heavy atom. The number of aromatic hydroxyl groups is 1. The summed E-state index contributed by atoms with van der Waals surface area (Å²) >= 11 is 1.36. The lowest BCUT2D eigenvalue weighted by molar-refractivity contribution is -0.140. The summed E-state index contributed by atoms with van der Waals surface area (Å²) in [5.41, 5.74) is -0.715. The second-order valence-corrected chi connectivity index (χ2v) is 11.4. The molecule has 2 amide bonds. The highest BCUT2D eigenvalue weighted by Crippen LogP contribution is 2.37. The summed E-state index contributed by atoms with van der Waals surface area (Å²) in [5, 5.41) is 12.6. The molecule has 190 valence electrons. The van der Waals surface area contributed by atoms with E-state index in [0.717, 1.165) is 15.7 Å². The molecule has 0 saturated heterocycles. The molecule has 1 aliphatic heterocycles. The maximum absolute atomic E-state index is 13.6. The zero-order valence-corrected chi connectivity index (χ0v) is 23.1. The molecule has 10 heteroatoms. The Morgan fingerprint density at radius 1 is 1.25 bits per heavy atom. The van der Waals surface area contributed by atoms with Crippen LogP contribution in [0.15, 0.2) is 41.5 Å². The van der Waals surface area contributed by atoms with Crippen molar-refractivity contribution in [3.63, 3.8) is 0 Å². The second-order valence-electron chi connectivity index (χ2n) is 9.60. The Balaban J connectivity index is 1.87. The van der Waals surface area contributed by atoms with E-state index in [9.17, 15) is 19.5 Å². The van der Waals surface area contributed by atoms with E-state index in [1.165, 1.54) is 27.0 Å². The van der Waals surface area contributed by atoms with Crippen molar-refractivity contribution in [2.45, 2.75) is 45.2 Å². The molecule has 3 aromatic rings. The second kappa shape index (κ2) is 9.79. The third-order valence-corrected chi connectivity index (χ3v) is 8.11. The van der Waals surface area contributed by atoms with Crippen LogP contribution in [0.1, 0.15) is 48.1 Å². The highest BCUT2D eigenvalue weighted by Gasteiger charge is 2.49. The van der Waals surface area contributed by atoms with Crippen molar-refractivity contribution < 1.29 is 14.7 Å². The van der Waals surface area contributed by atoms with Crippen LogP contribution in [0.4, 0.5) is 0 Å². The van der Waals surface area contributed by atoms with Crippen molar-refractivity contribution in [1.82, 2.24) is 19.4 Å². The monoisotopic (exact) mass is 526 g/mol. The normalized spacial score (nSPS) is 17.4. The summed E-state index contributed by atoms with van der Waals surface area (Å²) in [5.74, 6) is -1.34. The molecule has 0 fully saturated rings. The molecule has 0 radical (unpaired) electrons. The Hall–Kier alpha value is -3.03. The molecule has 0 bridgehead atoms. The first-order chi connectivity index (χ1) is 17.0. The number of thiazole rings is 1. The van der Waals surface area contributed by atoms with Gasteiger partial charge in [-0.2, -0.15) is 0 Å². The number of hydrogen-bond acceptors (Lipinski definition) is 6. The Kier molecular flexibility index (Phi) is 7.08. The van der Waals surface area contributed by atoms with Gasteiger partial charge in [0.1, 0.15) is 10.5 Å². The predicted molar refractivity (Wildman–Crippen MR) is 145 cm³/mol. The van der Waals surface area contributed by atoms with Crippen molar-refractivity contribution in [1.29, 1.82) is 0 Å². The summed E-state index contributed by atoms with van der Waals surface area (Å²) in [6.07, 6.45) is 4.27. The number of hydrogen-bond donors (Lipinski definition) is 1. The topological polar surface area (TPSA) is 95.7 Å². The molecule has 2 atom stereocenters. The van der Waals surface area contributed by atoms with E-state index in [2.05, 4.69) is 14.2 Å². The number of aromatic nitrogens is 2. The van der Waals surface area contributed by atoms with Crippen molar-refractivity contribution >= 4 is 37.7 Å². The average molecular weight is 527 g/mol. The Labute approximate surface area is 216 Å². The van der Waals surface area contributed by atoms with E-state index in [-0.39, 0.29) is 29.8 Å². The van der Waals surface area contributed by atoms with Gasteiger partial charge >= 0.3 is 0 Å². The van der Waals surface area contributed by atoms with Gasteiger partial charge in [-0.15, -0.1) is 20.6 Å². The van der Waals surface area contributed by atoms with Crippen LogP contribution in [0.3, 0.4) is 0 Å². The van der Waals surface area contributed by atoms with Crippen LogP contribution < -0.4 is 10.7 Å². The van der Waals surface area contributed by atoms with E-state index in [4.69, 9.17) is 0 Å². The maximum atomic E-state index is 13.6. The molecule has 8 nitrogen and oxygen atoms in total. The molecule has 1 aliphatic rings. The summed E-state index contributed by atoms with van der Waals surface area (Å²) in [7, 11) is 5.98. The minimum Gasteiger partial charge on any atom is -0.503 e. The molecule has 4 rings (SSSR count). The van der Waals surface area contributed by atoms with E-state index in [1.54, 1.807) is 25.2 Å². The summed E-state index contributed by atoms with van der Waals surface area (Å²) in [6.45, 7) is 5.71. The number of nitrogens with zero attached hydrogens (tertiary/aromatic N) is 4. The van der Waals surface area contributed by atoms with E-state index in [1.807, 2.05) is 45.0 Å². The molecule has 36 heavy (non-hydrogen) atoms. The molecule has 0 spiro atoms. The SMILES string of the molecule is CC[C@]1(C(=O)N(C)C)CN(C(C)C)C(=O)c2c(O)c(=O)c(-c3ncc(Cc4ccc(P)cc4)s3)cn21. The number of amides is 2. The van der Waals surface area contributed by atoms with Gasteiger partial charge in [0.05, 0.1) is 12.1 Å². The number of benzene rings is 1. The first-order valence-corrected chi connectivity index (χ1v) is 13.2. The number of fused-ring (bicyclic) bond motifs is 1. The van der Waals surface area contributed by atoms with Crippen LogP contribution in [0, 0.1) is 0 Å². The van der Waals surface area contributed by atoms with Gasteiger partial charge in [-0.05, 0) is 31.1 Å². The lowest BCUT2D eigenvalue weighted by atomic mass is 9.88. The first-order valence-electron chi connectivity index (χ1n) is 11.8. The van der Waals surface area contributed by atoms with Crippen molar-refractivity contribution in [3.8, 4) is 16.3 Å². The van der Waals surface area contributed by atoms with Gasteiger partial charge in [0, 0.05) is 43.8 Å². The fourth-order valence-electron chi connectivity index (χ4n) is 4.65. The minimum atomic E-state index is -1.17. The molecule has 2 aromatic heterocycles. The minimum absolute atomic E-state index is 0.139. The van der Waals surface area contributed by atoms with Crippen molar-refractivity contribution in [2.24, 2.45) is 0 Å². The zero-order valence-electron chi connectivity index (χ0n) is 21.1. The Morgan fingerprint density at radius 2 is 1.92 bits per heavy atom. The average Bonchev–Trinajstić information content (AvgIpc) is 3.30. The number of pyridine rings is 1. The van der Waals surface area contributed by atoms with E-state index < -0.39 is 22.6 Å². The lowest BCUT2D eigenvalue weighted by Crippen LogP contribution is -2.62. The molecular weight excluding hydrogens is 495 g/mol. The largest absolute Gasteiger partial charge is 0.503 e. The van der Waals surface area contributed by atoms with E-state index >= 15 is 0 Å². The zero-order chi connectivity index (χ0) is 26.4. The van der Waals surface area contributed by atoms with Gasteiger partial charge in [0.15, 0.2) is 11.4 Å². The van der Waals surface area contributed by atoms with Crippen LogP contribution in [0.5, 0.6) is 5.75 Å². The van der Waals surface area contributed by atoms with Gasteiger partial charge in [-0.3, -0.25) is 14.4 Å². The van der Waals surface area contributed by atoms with Crippen molar-refractivity contribution in [2.75, 3.05) is 20.6 Å². The van der Waals surface area contributed by atoms with Crippen LogP contribution >= 0.6 is 20.6 Å². The van der Waals surface area contributed by atoms with Gasteiger partial charge in [-0.1, -0.05) is 31.2 Å². The van der Waals surface area contributed by atoms with Gasteiger partial charge in [0.25, 0.3) is 5.91 Å². The molecule has 3 heterocycles. The van der Waals surface area contributed by atoms with Crippen LogP contribution in [-0.4, -0.2) is 63.0 Å². The van der Waals surface area contributed by atoms with Gasteiger partial charge in [-0.25, -0.2) is 4.98 Å². The molecule has 0 aliphatic carbocycles. The fraction of sp³-hybridized carbons (Fsp3) is 0.385. The summed E-state index contributed by atoms with van der Waals surface area (Å²) in [4.78, 5) is 48.7. The fourth-order valence-corrected chi connectivity index (χ4v) is 5.80. The quantitative estimate of drug-likeness (QED) is 0.499. The lowest BCUT2D eigenvalue weighted by Gasteiger charge is -2.46. The number of carbonyl (C=O) groups excluding carboxylic acids is 2. The van der Waals surface area contributed by atoms with Gasteiger partial charge in [0.2, 0.25) is 11.3 Å².